The minimum absolute atomic E-state index is 0.209. The molecule has 2 amide bonds. The molecule has 7 nitrogen and oxygen atoms in total. The van der Waals surface area contributed by atoms with Crippen molar-refractivity contribution in [1.82, 2.24) is 15.0 Å². The van der Waals surface area contributed by atoms with Crippen LogP contribution >= 0.6 is 0 Å². The van der Waals surface area contributed by atoms with Crippen molar-refractivity contribution in [3.63, 3.8) is 0 Å². The Balaban J connectivity index is 1.70. The zero-order valence-corrected chi connectivity index (χ0v) is 15.4. The van der Waals surface area contributed by atoms with E-state index in [4.69, 9.17) is 4.98 Å². The van der Waals surface area contributed by atoms with Gasteiger partial charge < -0.3 is 15.6 Å². The van der Waals surface area contributed by atoms with Crippen molar-refractivity contribution in [2.75, 3.05) is 28.6 Å². The van der Waals surface area contributed by atoms with Gasteiger partial charge in [-0.2, -0.15) is 0 Å². The second kappa shape index (κ2) is 7.11. The third-order valence-corrected chi connectivity index (χ3v) is 4.59. The molecule has 0 saturated carbocycles. The van der Waals surface area contributed by atoms with E-state index in [2.05, 4.69) is 26.7 Å². The van der Waals surface area contributed by atoms with E-state index in [0.717, 1.165) is 41.3 Å². The van der Waals surface area contributed by atoms with E-state index in [0.29, 0.717) is 18.1 Å². The largest absolute Gasteiger partial charge is 0.382 e. The van der Waals surface area contributed by atoms with Crippen LogP contribution < -0.4 is 15.5 Å². The summed E-state index contributed by atoms with van der Waals surface area (Å²) in [4.78, 5) is 26.8. The van der Waals surface area contributed by atoms with E-state index >= 15 is 0 Å². The summed E-state index contributed by atoms with van der Waals surface area (Å²) in [5, 5.41) is 6.27. The molecule has 4 heterocycles. The molecule has 0 spiro atoms. The van der Waals surface area contributed by atoms with Gasteiger partial charge in [0.1, 0.15) is 0 Å². The number of nitrogens with one attached hydrogen (secondary N) is 3. The molecule has 0 fully saturated rings. The highest BCUT2D eigenvalue weighted by Crippen LogP contribution is 2.32. The Morgan fingerprint density at radius 2 is 2.15 bits per heavy atom. The number of hydrogen-bond acceptors (Lipinski definition) is 4. The zero-order valence-electron chi connectivity index (χ0n) is 15.4. The van der Waals surface area contributed by atoms with Crippen LogP contribution in [-0.2, 0) is 0 Å². The van der Waals surface area contributed by atoms with Crippen LogP contribution in [0.4, 0.5) is 22.0 Å². The number of anilines is 3. The minimum Gasteiger partial charge on any atom is -0.382 e. The van der Waals surface area contributed by atoms with Crippen LogP contribution in [0.15, 0.2) is 42.7 Å². The highest BCUT2D eigenvalue weighted by molar-refractivity contribution is 6.03. The van der Waals surface area contributed by atoms with Crippen molar-refractivity contribution < 1.29 is 4.79 Å². The first-order chi connectivity index (χ1) is 13.1. The number of aromatic amines is 1. The second-order valence-electron chi connectivity index (χ2n) is 6.66. The second-order valence-corrected chi connectivity index (χ2v) is 6.66. The molecule has 0 unspecified atom stereocenters. The van der Waals surface area contributed by atoms with Crippen LogP contribution in [-0.4, -0.2) is 34.1 Å². The van der Waals surface area contributed by atoms with Crippen LogP contribution in [0, 0.1) is 13.8 Å². The number of urea groups is 1. The van der Waals surface area contributed by atoms with Gasteiger partial charge in [0.25, 0.3) is 0 Å². The number of carbonyl (C=O) groups excluding carboxylic acids is 1. The normalized spacial score (nSPS) is 13.5. The lowest BCUT2D eigenvalue weighted by atomic mass is 10.1. The molecule has 7 heteroatoms. The van der Waals surface area contributed by atoms with Gasteiger partial charge in [0, 0.05) is 36.2 Å². The lowest BCUT2D eigenvalue weighted by molar-refractivity contribution is 0.257. The van der Waals surface area contributed by atoms with Crippen molar-refractivity contribution in [2.24, 2.45) is 0 Å². The highest BCUT2D eigenvalue weighted by Gasteiger charge is 2.24. The molecule has 0 aromatic carbocycles. The lowest BCUT2D eigenvalue weighted by Gasteiger charge is -2.22. The van der Waals surface area contributed by atoms with Crippen LogP contribution in [0.25, 0.3) is 11.3 Å². The fourth-order valence-electron chi connectivity index (χ4n) is 3.32. The first kappa shape index (κ1) is 17.1. The van der Waals surface area contributed by atoms with Crippen molar-refractivity contribution in [3.05, 3.63) is 54.1 Å². The molecule has 3 N–H and O–H groups in total. The number of H-pyrrole nitrogens is 1. The monoisotopic (exact) mass is 362 g/mol. The quantitative estimate of drug-likeness (QED) is 0.644. The first-order valence-corrected chi connectivity index (χ1v) is 9.02. The van der Waals surface area contributed by atoms with Gasteiger partial charge in [0.05, 0.1) is 23.3 Å². The molecule has 0 saturated heterocycles. The van der Waals surface area contributed by atoms with Crippen molar-refractivity contribution >= 4 is 23.2 Å². The molecule has 0 aliphatic carbocycles. The molecule has 1 aliphatic heterocycles. The standard InChI is InChI=1S/C20H22N6O/c1-13-11-16(14(2)23-13)17-6-7-18-19(25-17)26(10-4-9-22-18)20(27)24-15-5-3-8-21-12-15/h3,5-8,11-12,22-23H,4,9-10H2,1-2H3,(H,24,27). The number of amides is 2. The predicted octanol–water partition coefficient (Wildman–Crippen LogP) is 3.94. The Labute approximate surface area is 157 Å². The van der Waals surface area contributed by atoms with Crippen LogP contribution in [0.2, 0.25) is 0 Å². The van der Waals surface area contributed by atoms with Crippen molar-refractivity contribution in [3.8, 4) is 11.3 Å². The smallest absolute Gasteiger partial charge is 0.327 e. The number of pyridine rings is 2. The SMILES string of the molecule is Cc1cc(-c2ccc3c(n2)N(C(=O)Nc2cccnc2)CCCN3)c(C)[nH]1. The van der Waals surface area contributed by atoms with Gasteiger partial charge in [-0.1, -0.05) is 0 Å². The Kier molecular flexibility index (Phi) is 4.50. The van der Waals surface area contributed by atoms with Crippen LogP contribution in [0.5, 0.6) is 0 Å². The Bertz CT molecular complexity index is 966. The molecule has 0 atom stereocenters. The molecular weight excluding hydrogens is 340 g/mol. The summed E-state index contributed by atoms with van der Waals surface area (Å²) < 4.78 is 0. The average Bonchev–Trinajstić information content (AvgIpc) is 2.88. The summed E-state index contributed by atoms with van der Waals surface area (Å²) >= 11 is 0. The lowest BCUT2D eigenvalue weighted by Crippen LogP contribution is -2.36. The maximum atomic E-state index is 12.9. The molecule has 1 aliphatic rings. The van der Waals surface area contributed by atoms with E-state index in [9.17, 15) is 4.79 Å². The fraction of sp³-hybridized carbons (Fsp3) is 0.250. The molecule has 138 valence electrons. The summed E-state index contributed by atoms with van der Waals surface area (Å²) in [6.45, 7) is 5.44. The maximum Gasteiger partial charge on any atom is 0.327 e. The number of fused-ring (bicyclic) bond motifs is 1. The van der Waals surface area contributed by atoms with Crippen molar-refractivity contribution in [2.45, 2.75) is 20.3 Å². The topological polar surface area (TPSA) is 85.9 Å². The molecule has 0 bridgehead atoms. The number of aryl methyl sites for hydroxylation is 2. The number of nitrogens with zero attached hydrogens (tertiary/aromatic N) is 3. The van der Waals surface area contributed by atoms with Crippen LogP contribution in [0.3, 0.4) is 0 Å². The van der Waals surface area contributed by atoms with E-state index in [1.807, 2.05) is 32.0 Å². The van der Waals surface area contributed by atoms with Gasteiger partial charge >= 0.3 is 6.03 Å². The average molecular weight is 362 g/mol. The van der Waals surface area contributed by atoms with E-state index in [-0.39, 0.29) is 6.03 Å². The third kappa shape index (κ3) is 3.48. The number of carbonyl (C=O) groups is 1. The molecule has 27 heavy (non-hydrogen) atoms. The molecule has 3 aromatic heterocycles. The predicted molar refractivity (Wildman–Crippen MR) is 107 cm³/mol. The summed E-state index contributed by atoms with van der Waals surface area (Å²) in [6.07, 6.45) is 4.15. The summed E-state index contributed by atoms with van der Waals surface area (Å²) in [5.41, 5.74) is 5.57. The van der Waals surface area contributed by atoms with E-state index in [1.165, 1.54) is 0 Å². The van der Waals surface area contributed by atoms with Gasteiger partial charge in [-0.25, -0.2) is 9.78 Å². The number of rotatable bonds is 2. The fourth-order valence-corrected chi connectivity index (χ4v) is 3.32. The summed E-state index contributed by atoms with van der Waals surface area (Å²) in [5.74, 6) is 0.643. The van der Waals surface area contributed by atoms with Crippen molar-refractivity contribution in [1.29, 1.82) is 0 Å². The highest BCUT2D eigenvalue weighted by atomic mass is 16.2. The van der Waals surface area contributed by atoms with Gasteiger partial charge in [-0.05, 0) is 50.6 Å². The van der Waals surface area contributed by atoms with Gasteiger partial charge in [0.15, 0.2) is 5.82 Å². The van der Waals surface area contributed by atoms with Gasteiger partial charge in [0.2, 0.25) is 0 Å². The zero-order chi connectivity index (χ0) is 18.8. The molecular formula is C20H22N6O. The molecule has 4 rings (SSSR count). The Morgan fingerprint density at radius 3 is 2.89 bits per heavy atom. The minimum atomic E-state index is -0.209. The van der Waals surface area contributed by atoms with Gasteiger partial charge in [-0.15, -0.1) is 0 Å². The van der Waals surface area contributed by atoms with E-state index in [1.54, 1.807) is 23.4 Å². The van der Waals surface area contributed by atoms with Crippen LogP contribution in [0.1, 0.15) is 17.8 Å². The Morgan fingerprint density at radius 1 is 1.26 bits per heavy atom. The maximum absolute atomic E-state index is 12.9. The number of hydrogen-bond donors (Lipinski definition) is 3. The van der Waals surface area contributed by atoms with E-state index < -0.39 is 0 Å². The summed E-state index contributed by atoms with van der Waals surface area (Å²) in [6, 6.07) is 9.46. The number of aromatic nitrogens is 3. The third-order valence-electron chi connectivity index (χ3n) is 4.59. The molecule has 3 aromatic rings. The van der Waals surface area contributed by atoms with Gasteiger partial charge in [-0.3, -0.25) is 9.88 Å². The molecule has 0 radical (unpaired) electrons. The Hall–Kier alpha value is -3.35. The summed E-state index contributed by atoms with van der Waals surface area (Å²) in [7, 11) is 0. The first-order valence-electron chi connectivity index (χ1n) is 9.02.